The van der Waals surface area contributed by atoms with E-state index in [4.69, 9.17) is 4.74 Å². The number of aliphatic imine (C=N–C) groups is 1. The molecule has 0 aromatic rings. The molecule has 156 valence electrons. The highest BCUT2D eigenvalue weighted by Crippen LogP contribution is 2.17. The van der Waals surface area contributed by atoms with E-state index in [9.17, 15) is 4.79 Å². The second-order valence-electron chi connectivity index (χ2n) is 8.07. The van der Waals surface area contributed by atoms with Crippen molar-refractivity contribution in [2.24, 2.45) is 10.9 Å². The molecule has 2 atom stereocenters. The van der Waals surface area contributed by atoms with Gasteiger partial charge in [-0.3, -0.25) is 14.7 Å². The first kappa shape index (κ1) is 22.0. The first-order chi connectivity index (χ1) is 13.0. The molecule has 27 heavy (non-hydrogen) atoms. The molecule has 2 rings (SSSR count). The van der Waals surface area contributed by atoms with Crippen LogP contribution in [-0.4, -0.2) is 86.7 Å². The summed E-state index contributed by atoms with van der Waals surface area (Å²) in [6.45, 7) is 13.1. The second kappa shape index (κ2) is 11.5. The molecule has 0 aliphatic carbocycles. The van der Waals surface area contributed by atoms with Gasteiger partial charge in [-0.2, -0.15) is 0 Å². The summed E-state index contributed by atoms with van der Waals surface area (Å²) in [6, 6.07) is 0.330. The van der Waals surface area contributed by atoms with Gasteiger partial charge in [0.2, 0.25) is 5.91 Å². The predicted octanol–water partition coefficient (Wildman–Crippen LogP) is 1.30. The summed E-state index contributed by atoms with van der Waals surface area (Å²) in [5.74, 6) is 1.80. The van der Waals surface area contributed by atoms with E-state index in [0.717, 1.165) is 71.1 Å². The van der Waals surface area contributed by atoms with Crippen molar-refractivity contribution < 1.29 is 9.53 Å². The zero-order valence-electron chi connectivity index (χ0n) is 17.7. The molecule has 0 spiro atoms. The van der Waals surface area contributed by atoms with E-state index >= 15 is 0 Å². The van der Waals surface area contributed by atoms with Crippen LogP contribution in [0.5, 0.6) is 0 Å². The lowest BCUT2D eigenvalue weighted by Crippen LogP contribution is -2.50. The minimum atomic E-state index is 0.196. The van der Waals surface area contributed by atoms with Crippen LogP contribution in [0.4, 0.5) is 0 Å². The Balaban J connectivity index is 1.68. The van der Waals surface area contributed by atoms with Crippen LogP contribution in [-0.2, 0) is 9.53 Å². The minimum absolute atomic E-state index is 0.196. The molecule has 0 bridgehead atoms. The molecular weight excluding hydrogens is 342 g/mol. The van der Waals surface area contributed by atoms with Crippen LogP contribution in [0.1, 0.15) is 46.5 Å². The zero-order chi connectivity index (χ0) is 19.6. The maximum Gasteiger partial charge on any atom is 0.222 e. The summed E-state index contributed by atoms with van der Waals surface area (Å²) in [5, 5.41) is 6.78. The van der Waals surface area contributed by atoms with Gasteiger partial charge in [0.1, 0.15) is 0 Å². The van der Waals surface area contributed by atoms with Crippen molar-refractivity contribution in [1.82, 2.24) is 20.4 Å². The molecule has 0 aromatic heterocycles. The van der Waals surface area contributed by atoms with Crippen LogP contribution in [0.3, 0.4) is 0 Å². The van der Waals surface area contributed by atoms with Gasteiger partial charge in [0, 0.05) is 58.8 Å². The number of likely N-dealkylation sites (tertiary alicyclic amines) is 1. The highest BCUT2D eigenvalue weighted by molar-refractivity contribution is 5.79. The normalized spacial score (nSPS) is 23.1. The number of carbonyl (C=O) groups excluding carboxylic acids is 1. The zero-order valence-corrected chi connectivity index (χ0v) is 17.7. The van der Waals surface area contributed by atoms with Crippen LogP contribution in [0.2, 0.25) is 0 Å². The lowest BCUT2D eigenvalue weighted by molar-refractivity contribution is -0.129. The topological polar surface area (TPSA) is 69.2 Å². The summed E-state index contributed by atoms with van der Waals surface area (Å²) in [6.07, 6.45) is 3.86. The van der Waals surface area contributed by atoms with Crippen LogP contribution in [0.25, 0.3) is 0 Å². The average Bonchev–Trinajstić information content (AvgIpc) is 3.07. The van der Waals surface area contributed by atoms with Crippen LogP contribution < -0.4 is 10.6 Å². The smallest absolute Gasteiger partial charge is 0.222 e. The number of rotatable bonds is 9. The Hall–Kier alpha value is -1.34. The lowest BCUT2D eigenvalue weighted by atomic mass is 10.1. The van der Waals surface area contributed by atoms with Crippen molar-refractivity contribution in [1.29, 1.82) is 0 Å². The van der Waals surface area contributed by atoms with E-state index in [-0.39, 0.29) is 6.10 Å². The fourth-order valence-electron chi connectivity index (χ4n) is 4.01. The van der Waals surface area contributed by atoms with Gasteiger partial charge in [0.15, 0.2) is 5.96 Å². The summed E-state index contributed by atoms with van der Waals surface area (Å²) in [5.41, 5.74) is 0. The van der Waals surface area contributed by atoms with Gasteiger partial charge in [-0.25, -0.2) is 0 Å². The van der Waals surface area contributed by atoms with E-state index in [1.54, 1.807) is 7.05 Å². The van der Waals surface area contributed by atoms with Crippen molar-refractivity contribution in [3.8, 4) is 0 Å². The molecule has 1 amide bonds. The van der Waals surface area contributed by atoms with E-state index in [0.29, 0.717) is 24.3 Å². The molecule has 0 radical (unpaired) electrons. The molecule has 2 aliphatic rings. The number of carbonyl (C=O) groups is 1. The van der Waals surface area contributed by atoms with E-state index < -0.39 is 0 Å². The monoisotopic (exact) mass is 381 g/mol. The SMILES string of the molecule is CCC(CCNC(=NC)NCC1CN(CC(C)C)CCO1)N1CCCC1=O. The van der Waals surface area contributed by atoms with E-state index in [1.165, 1.54) is 0 Å². The molecule has 0 aromatic carbocycles. The third kappa shape index (κ3) is 7.30. The Labute approximate surface area is 164 Å². The first-order valence-electron chi connectivity index (χ1n) is 10.6. The second-order valence-corrected chi connectivity index (χ2v) is 8.07. The Morgan fingerprint density at radius 1 is 1.33 bits per heavy atom. The number of guanidine groups is 1. The highest BCUT2D eigenvalue weighted by Gasteiger charge is 2.26. The largest absolute Gasteiger partial charge is 0.374 e. The van der Waals surface area contributed by atoms with Crippen molar-refractivity contribution >= 4 is 11.9 Å². The standard InChI is InChI=1S/C20H39N5O2/c1-5-17(25-10-6-7-19(25)26)8-9-22-20(21-4)23-13-18-15-24(11-12-27-18)14-16(2)3/h16-18H,5-15H2,1-4H3,(H2,21,22,23). The molecule has 2 saturated heterocycles. The molecule has 7 nitrogen and oxygen atoms in total. The molecule has 2 heterocycles. The predicted molar refractivity (Wildman–Crippen MR) is 110 cm³/mol. The number of amides is 1. The maximum absolute atomic E-state index is 12.0. The summed E-state index contributed by atoms with van der Waals surface area (Å²) in [4.78, 5) is 20.8. The van der Waals surface area contributed by atoms with Crippen LogP contribution >= 0.6 is 0 Å². The fraction of sp³-hybridized carbons (Fsp3) is 0.900. The minimum Gasteiger partial charge on any atom is -0.374 e. The van der Waals surface area contributed by atoms with Crippen molar-refractivity contribution in [2.45, 2.75) is 58.6 Å². The summed E-state index contributed by atoms with van der Waals surface area (Å²) in [7, 11) is 1.80. The van der Waals surface area contributed by atoms with E-state index in [1.807, 2.05) is 0 Å². The van der Waals surface area contributed by atoms with Gasteiger partial charge in [-0.1, -0.05) is 20.8 Å². The first-order valence-corrected chi connectivity index (χ1v) is 10.6. The van der Waals surface area contributed by atoms with Crippen molar-refractivity contribution in [3.63, 3.8) is 0 Å². The maximum atomic E-state index is 12.0. The van der Waals surface area contributed by atoms with Gasteiger partial charge in [0.25, 0.3) is 0 Å². The number of ether oxygens (including phenoxy) is 1. The van der Waals surface area contributed by atoms with Crippen molar-refractivity contribution in [3.05, 3.63) is 0 Å². The number of hydrogen-bond acceptors (Lipinski definition) is 4. The van der Waals surface area contributed by atoms with Crippen LogP contribution in [0, 0.1) is 5.92 Å². The molecular formula is C20H39N5O2. The highest BCUT2D eigenvalue weighted by atomic mass is 16.5. The lowest BCUT2D eigenvalue weighted by Gasteiger charge is -2.34. The van der Waals surface area contributed by atoms with E-state index in [2.05, 4.69) is 46.2 Å². The summed E-state index contributed by atoms with van der Waals surface area (Å²) < 4.78 is 5.89. The molecule has 2 fully saturated rings. The quantitative estimate of drug-likeness (QED) is 0.465. The average molecular weight is 382 g/mol. The van der Waals surface area contributed by atoms with Crippen LogP contribution in [0.15, 0.2) is 4.99 Å². The van der Waals surface area contributed by atoms with Gasteiger partial charge in [-0.05, 0) is 25.2 Å². The number of hydrogen-bond donors (Lipinski definition) is 2. The molecule has 7 heteroatoms. The number of nitrogens with one attached hydrogen (secondary N) is 2. The molecule has 0 saturated carbocycles. The van der Waals surface area contributed by atoms with Gasteiger partial charge in [0.05, 0.1) is 12.7 Å². The molecule has 2 unspecified atom stereocenters. The Kier molecular flexibility index (Phi) is 9.34. The summed E-state index contributed by atoms with van der Waals surface area (Å²) >= 11 is 0. The Morgan fingerprint density at radius 2 is 2.15 bits per heavy atom. The van der Waals surface area contributed by atoms with Gasteiger partial charge < -0.3 is 20.3 Å². The van der Waals surface area contributed by atoms with Gasteiger partial charge >= 0.3 is 0 Å². The Morgan fingerprint density at radius 3 is 2.78 bits per heavy atom. The van der Waals surface area contributed by atoms with Crippen molar-refractivity contribution in [2.75, 3.05) is 52.9 Å². The molecule has 2 N–H and O–H groups in total. The van der Waals surface area contributed by atoms with Gasteiger partial charge in [-0.15, -0.1) is 0 Å². The number of morpholine rings is 1. The third-order valence-electron chi connectivity index (χ3n) is 5.36. The molecule has 2 aliphatic heterocycles. The number of nitrogens with zero attached hydrogens (tertiary/aromatic N) is 3. The Bertz CT molecular complexity index is 483. The fourth-order valence-corrected chi connectivity index (χ4v) is 4.01. The third-order valence-corrected chi connectivity index (χ3v) is 5.36.